The number of carbonyl (C=O) groups excluding carboxylic acids is 5. The van der Waals surface area contributed by atoms with Gasteiger partial charge in [-0.25, -0.2) is 34.7 Å². The molecule has 3 amide bonds. The molecule has 0 radical (unpaired) electrons. The normalized spacial score (nSPS) is 14.4. The Labute approximate surface area is 543 Å². The second kappa shape index (κ2) is 32.0. The number of primary amides is 2. The molecule has 9 aromatic rings. The van der Waals surface area contributed by atoms with Gasteiger partial charge in [-0.05, 0) is 106 Å². The molecule has 0 saturated carbocycles. The van der Waals surface area contributed by atoms with Crippen molar-refractivity contribution in [1.82, 2.24) is 68.8 Å². The SMILES string of the molecule is CCl.Cc1nc(CC(=O)N2CCC[C@H]2C(N)=O)sc1-c1ccnc(C(C)(C)C)c1.Cc1nc(CC(=O)n2ccnc2)sc1-c1ccnc(C(C)(C)C)c1.Cc1nc(N)sc1-c1ccnc(C(C)(C)C)c1.NC(=O)[C@@H]1CCCN1.O=C(n1ccnc1)n1ccnc1. The zero-order valence-electron chi connectivity index (χ0n) is 53.4. The molecule has 0 bridgehead atoms. The molecule has 2 aliphatic rings. The number of aryl methyl sites for hydroxylation is 3. The van der Waals surface area contributed by atoms with E-state index in [4.69, 9.17) is 17.2 Å². The van der Waals surface area contributed by atoms with E-state index >= 15 is 0 Å². The number of anilines is 1. The first-order valence-electron chi connectivity index (χ1n) is 29.1. The molecular formula is C64H82ClN17O5S3. The molecule has 7 N–H and O–H groups in total. The lowest BCUT2D eigenvalue weighted by Crippen LogP contribution is -2.44. The molecule has 2 aliphatic heterocycles. The van der Waals surface area contributed by atoms with E-state index in [9.17, 15) is 24.0 Å². The second-order valence-electron chi connectivity index (χ2n) is 24.2. The third-order valence-corrected chi connectivity index (χ3v) is 17.5. The van der Waals surface area contributed by atoms with E-state index in [1.165, 1.54) is 61.7 Å². The molecule has 9 aromatic heterocycles. The van der Waals surface area contributed by atoms with Gasteiger partial charge in [-0.3, -0.25) is 47.8 Å². The lowest BCUT2D eigenvalue weighted by atomic mass is 9.90. The number of likely N-dealkylation sites (tertiary alicyclic amines) is 1. The number of pyridine rings is 3. The van der Waals surface area contributed by atoms with E-state index in [2.05, 4.69) is 142 Å². The highest BCUT2D eigenvalue weighted by Gasteiger charge is 2.33. The van der Waals surface area contributed by atoms with Crippen LogP contribution >= 0.6 is 45.6 Å². The van der Waals surface area contributed by atoms with Crippen molar-refractivity contribution in [3.8, 4) is 31.3 Å². The number of alkyl halides is 1. The molecule has 478 valence electrons. The summed E-state index contributed by atoms with van der Waals surface area (Å²) in [5.41, 5.74) is 25.5. The van der Waals surface area contributed by atoms with Crippen LogP contribution in [0.5, 0.6) is 0 Å². The number of nitrogens with two attached hydrogens (primary N) is 3. The number of halogens is 1. The number of nitrogen functional groups attached to an aromatic ring is 1. The van der Waals surface area contributed by atoms with E-state index in [1.807, 2.05) is 57.6 Å². The van der Waals surface area contributed by atoms with Crippen LogP contribution in [0, 0.1) is 20.8 Å². The lowest BCUT2D eigenvalue weighted by Gasteiger charge is -2.21. The van der Waals surface area contributed by atoms with Gasteiger partial charge in [-0.15, -0.1) is 34.3 Å². The monoisotopic (exact) mass is 1300 g/mol. The molecule has 2 fully saturated rings. The minimum absolute atomic E-state index is 0.00514. The minimum Gasteiger partial charge on any atom is -0.375 e. The Bertz CT molecular complexity index is 3760. The third kappa shape index (κ3) is 19.9. The van der Waals surface area contributed by atoms with Crippen LogP contribution in [0.15, 0.2) is 111 Å². The molecule has 0 spiro atoms. The van der Waals surface area contributed by atoms with Crippen molar-refractivity contribution < 1.29 is 24.0 Å². The molecule has 0 unspecified atom stereocenters. The van der Waals surface area contributed by atoms with Crippen LogP contribution in [0.1, 0.15) is 137 Å². The number of hydrogen-bond acceptors (Lipinski definition) is 19. The fraction of sp³-hybridized carbons (Fsp3) is 0.406. The summed E-state index contributed by atoms with van der Waals surface area (Å²) in [7, 11) is 0. The number of nitrogens with zero attached hydrogens (tertiary/aromatic N) is 13. The van der Waals surface area contributed by atoms with Gasteiger partial charge >= 0.3 is 6.03 Å². The van der Waals surface area contributed by atoms with E-state index in [1.54, 1.807) is 53.4 Å². The second-order valence-corrected chi connectivity index (χ2v) is 27.4. The Kier molecular flexibility index (Phi) is 25.2. The zero-order valence-corrected chi connectivity index (χ0v) is 56.6. The summed E-state index contributed by atoms with van der Waals surface area (Å²) in [5, 5.41) is 5.17. The summed E-state index contributed by atoms with van der Waals surface area (Å²) in [4.78, 5) is 101. The fourth-order valence-electron chi connectivity index (χ4n) is 9.25. The first-order chi connectivity index (χ1) is 42.6. The highest BCUT2D eigenvalue weighted by molar-refractivity contribution is 7.19. The maximum absolute atomic E-state index is 12.6. The predicted molar refractivity (Wildman–Crippen MR) is 358 cm³/mol. The average molecular weight is 1300 g/mol. The van der Waals surface area contributed by atoms with Crippen molar-refractivity contribution in [1.29, 1.82) is 0 Å². The van der Waals surface area contributed by atoms with Crippen LogP contribution in [0.3, 0.4) is 0 Å². The van der Waals surface area contributed by atoms with Crippen molar-refractivity contribution in [3.05, 3.63) is 155 Å². The van der Waals surface area contributed by atoms with E-state index < -0.39 is 11.9 Å². The maximum atomic E-state index is 12.6. The molecule has 2 saturated heterocycles. The largest absolute Gasteiger partial charge is 0.375 e. The molecule has 22 nitrogen and oxygen atoms in total. The van der Waals surface area contributed by atoms with Gasteiger partial charge in [-0.2, -0.15) is 0 Å². The number of thiazole rings is 3. The molecule has 2 atom stereocenters. The van der Waals surface area contributed by atoms with Crippen molar-refractivity contribution in [2.75, 3.05) is 25.2 Å². The van der Waals surface area contributed by atoms with Gasteiger partial charge in [0.15, 0.2) is 5.13 Å². The number of nitrogens with one attached hydrogen (secondary N) is 1. The van der Waals surface area contributed by atoms with Crippen LogP contribution in [0.25, 0.3) is 31.3 Å². The van der Waals surface area contributed by atoms with E-state index in [0.29, 0.717) is 18.1 Å². The molecule has 26 heteroatoms. The van der Waals surface area contributed by atoms with Gasteiger partial charge in [0, 0.05) is 102 Å². The standard InChI is InChI=1S/C20H26N4O2S.C18H20N4OS.C13H17N3S.C7H6N4O.C5H10N2O.CH3Cl/c1-12-18(13-7-8-22-15(10-13)20(2,3)4)27-16(23-12)11-17(25)24-9-5-6-14(24)19(21)26;1-12-17(13-5-6-20-14(9-13)18(2,3)4)24-15(21-12)10-16(23)22-8-7-19-11-22;1-8-11(17-12(14)16-8)9-5-6-15-10(7-9)13(2,3)4;12-7(10-3-1-8-5-10)11-4-2-9-6-11;6-5(8)4-2-1-3-7-4;1-2/h7-8,10,14H,5-6,9,11H2,1-4H3,(H2,21,26);5-9,11H,10H2,1-4H3;5-7H,1-4H3,(H2,14,16);1-6H;4,7H,1-3H2,(H2,6,8);1H3/t14-;;;;4-;/m0...0./s1. The van der Waals surface area contributed by atoms with Gasteiger partial charge in [-0.1, -0.05) is 73.7 Å². The van der Waals surface area contributed by atoms with Gasteiger partial charge in [0.1, 0.15) is 35.0 Å². The Morgan fingerprint density at radius 2 is 0.967 bits per heavy atom. The summed E-state index contributed by atoms with van der Waals surface area (Å²) in [6, 6.07) is 11.6. The topological polar surface area (TPSA) is 309 Å². The number of amides is 3. The summed E-state index contributed by atoms with van der Waals surface area (Å²) >= 11 is 9.25. The summed E-state index contributed by atoms with van der Waals surface area (Å²) in [6.07, 6.45) is 24.8. The molecular weight excluding hydrogens is 1220 g/mol. The Morgan fingerprint density at radius 3 is 1.31 bits per heavy atom. The highest BCUT2D eigenvalue weighted by atomic mass is 35.5. The maximum Gasteiger partial charge on any atom is 0.338 e. The van der Waals surface area contributed by atoms with Gasteiger partial charge < -0.3 is 27.4 Å². The van der Waals surface area contributed by atoms with Gasteiger partial charge in [0.25, 0.3) is 0 Å². The third-order valence-electron chi connectivity index (χ3n) is 14.0. The number of carbonyl (C=O) groups is 5. The summed E-state index contributed by atoms with van der Waals surface area (Å²) in [5.74, 6) is -0.759. The Morgan fingerprint density at radius 1 is 0.556 bits per heavy atom. The molecule has 11 heterocycles. The van der Waals surface area contributed by atoms with E-state index in [0.717, 1.165) is 101 Å². The first kappa shape index (κ1) is 70.9. The smallest absolute Gasteiger partial charge is 0.338 e. The molecule has 90 heavy (non-hydrogen) atoms. The van der Waals surface area contributed by atoms with Crippen molar-refractivity contribution in [2.24, 2.45) is 11.5 Å². The van der Waals surface area contributed by atoms with Crippen molar-refractivity contribution in [3.63, 3.8) is 0 Å². The molecule has 0 aliphatic carbocycles. The Balaban J connectivity index is 0.000000187. The van der Waals surface area contributed by atoms with Crippen molar-refractivity contribution >= 4 is 80.4 Å². The zero-order chi connectivity index (χ0) is 66.1. The van der Waals surface area contributed by atoms with Crippen molar-refractivity contribution in [2.45, 2.75) is 150 Å². The quantitative estimate of drug-likeness (QED) is 0.0976. The average Bonchev–Trinajstić information content (AvgIpc) is 3.70. The Hall–Kier alpha value is -8.23. The molecule has 0 aromatic carbocycles. The number of rotatable bonds is 9. The van der Waals surface area contributed by atoms with Gasteiger partial charge in [0.2, 0.25) is 23.6 Å². The number of hydrogen-bond donors (Lipinski definition) is 4. The van der Waals surface area contributed by atoms with Crippen LogP contribution in [0.4, 0.5) is 9.93 Å². The predicted octanol–water partition coefficient (Wildman–Crippen LogP) is 10.8. The highest BCUT2D eigenvalue weighted by Crippen LogP contribution is 2.36. The fourth-order valence-corrected chi connectivity index (χ4v) is 12.2. The van der Waals surface area contributed by atoms with Crippen LogP contribution in [-0.4, -0.2) is 125 Å². The lowest BCUT2D eigenvalue weighted by molar-refractivity contribution is -0.136. The summed E-state index contributed by atoms with van der Waals surface area (Å²) in [6.45, 7) is 26.8. The van der Waals surface area contributed by atoms with Crippen LogP contribution < -0.4 is 22.5 Å². The number of imidazole rings is 3. The molecule has 11 rings (SSSR count). The van der Waals surface area contributed by atoms with Crippen LogP contribution in [-0.2, 0) is 43.5 Å². The first-order valence-corrected chi connectivity index (χ1v) is 32.3. The summed E-state index contributed by atoms with van der Waals surface area (Å²) < 4.78 is 4.24. The van der Waals surface area contributed by atoms with Crippen LogP contribution in [0.2, 0.25) is 0 Å². The van der Waals surface area contributed by atoms with Gasteiger partial charge in [0.05, 0.1) is 50.6 Å². The minimum atomic E-state index is -0.479. The number of aromatic nitrogens is 12. The van der Waals surface area contributed by atoms with E-state index in [-0.39, 0.29) is 58.9 Å².